The molecule has 4 heteroatoms. The lowest BCUT2D eigenvalue weighted by molar-refractivity contribution is -0.0405. The highest BCUT2D eigenvalue weighted by Gasteiger charge is 2.49. The third-order valence-electron chi connectivity index (χ3n) is 3.86. The van der Waals surface area contributed by atoms with E-state index in [9.17, 15) is 0 Å². The van der Waals surface area contributed by atoms with Crippen molar-refractivity contribution >= 4 is 5.96 Å². The number of guanidine groups is 1. The summed E-state index contributed by atoms with van der Waals surface area (Å²) >= 11 is 0. The molecule has 0 radical (unpaired) electrons. The van der Waals surface area contributed by atoms with Gasteiger partial charge in [-0.15, -0.1) is 0 Å². The quantitative estimate of drug-likeness (QED) is 0.740. The second kappa shape index (κ2) is 4.00. The maximum absolute atomic E-state index is 5.93. The van der Waals surface area contributed by atoms with E-state index in [4.69, 9.17) is 10.5 Å². The van der Waals surface area contributed by atoms with Crippen LogP contribution in [0.1, 0.15) is 32.6 Å². The molecule has 2 N–H and O–H groups in total. The number of methoxy groups -OCH3 is 1. The van der Waals surface area contributed by atoms with Gasteiger partial charge in [-0.1, -0.05) is 12.8 Å². The summed E-state index contributed by atoms with van der Waals surface area (Å²) in [6.07, 6.45) is 5.10. The zero-order valence-corrected chi connectivity index (χ0v) is 9.70. The van der Waals surface area contributed by atoms with Crippen LogP contribution in [0.15, 0.2) is 4.99 Å². The maximum Gasteiger partial charge on any atom is 0.191 e. The molecule has 1 aliphatic heterocycles. The highest BCUT2D eigenvalue weighted by Crippen LogP contribution is 2.38. The van der Waals surface area contributed by atoms with Crippen LogP contribution in [0, 0.1) is 0 Å². The van der Waals surface area contributed by atoms with E-state index in [1.807, 2.05) is 0 Å². The predicted molar refractivity (Wildman–Crippen MR) is 60.9 cm³/mol. The second-order valence-electron chi connectivity index (χ2n) is 4.49. The molecule has 0 amide bonds. The summed E-state index contributed by atoms with van der Waals surface area (Å²) in [7, 11) is 1.81. The van der Waals surface area contributed by atoms with Crippen molar-refractivity contribution in [2.45, 2.75) is 44.2 Å². The molecule has 2 rings (SSSR count). The van der Waals surface area contributed by atoms with Crippen molar-refractivity contribution in [3.05, 3.63) is 0 Å². The average Bonchev–Trinajstić information content (AvgIpc) is 2.57. The predicted octanol–water partition coefficient (Wildman–Crippen LogP) is 0.964. The number of nitrogens with zero attached hydrogens (tertiary/aromatic N) is 2. The molecule has 1 heterocycles. The number of hydrogen-bond donors (Lipinski definition) is 1. The number of hydrogen-bond acceptors (Lipinski definition) is 4. The van der Waals surface area contributed by atoms with E-state index in [1.165, 1.54) is 12.8 Å². The number of nitrogens with two attached hydrogens (primary N) is 1. The largest absolute Gasteiger partial charge is 0.379 e. The summed E-state index contributed by atoms with van der Waals surface area (Å²) in [6.45, 7) is 3.87. The van der Waals surface area contributed by atoms with Crippen molar-refractivity contribution in [1.82, 2.24) is 4.90 Å². The fourth-order valence-electron chi connectivity index (χ4n) is 3.11. The van der Waals surface area contributed by atoms with Crippen LogP contribution in [0.4, 0.5) is 0 Å². The molecule has 1 fully saturated rings. The zero-order chi connectivity index (χ0) is 10.9. The summed E-state index contributed by atoms with van der Waals surface area (Å²) < 4.78 is 5.64. The Labute approximate surface area is 91.5 Å². The van der Waals surface area contributed by atoms with Gasteiger partial charge in [-0.25, -0.2) is 0 Å². The highest BCUT2D eigenvalue weighted by molar-refractivity contribution is 5.81. The smallest absolute Gasteiger partial charge is 0.191 e. The van der Waals surface area contributed by atoms with E-state index in [-0.39, 0.29) is 11.6 Å². The number of aliphatic imine (C=N–C) groups is 1. The molecular weight excluding hydrogens is 190 g/mol. The van der Waals surface area contributed by atoms with Gasteiger partial charge in [0.15, 0.2) is 5.96 Å². The molecule has 15 heavy (non-hydrogen) atoms. The first kappa shape index (κ1) is 10.7. The molecule has 0 bridgehead atoms. The molecule has 0 aromatic heterocycles. The third kappa shape index (κ3) is 1.51. The van der Waals surface area contributed by atoms with Gasteiger partial charge in [0.05, 0.1) is 18.2 Å². The van der Waals surface area contributed by atoms with Gasteiger partial charge in [-0.3, -0.25) is 4.99 Å². The Morgan fingerprint density at radius 2 is 2.40 bits per heavy atom. The van der Waals surface area contributed by atoms with Gasteiger partial charge in [-0.2, -0.15) is 0 Å². The van der Waals surface area contributed by atoms with Crippen molar-refractivity contribution in [1.29, 1.82) is 0 Å². The molecule has 4 nitrogen and oxygen atoms in total. The van der Waals surface area contributed by atoms with Crippen molar-refractivity contribution in [2.24, 2.45) is 10.7 Å². The second-order valence-corrected chi connectivity index (χ2v) is 4.49. The molecule has 0 saturated heterocycles. The molecule has 2 atom stereocenters. The standard InChI is InChI=1S/C11H21N3O/c1-3-14-10(12)13-8-11(14)7-5-4-6-9(11)15-2/h9H,3-8H2,1-2H3,(H2,12,13). The van der Waals surface area contributed by atoms with E-state index < -0.39 is 0 Å². The summed E-state index contributed by atoms with van der Waals surface area (Å²) in [4.78, 5) is 6.64. The van der Waals surface area contributed by atoms with Crippen LogP contribution in [0.3, 0.4) is 0 Å². The van der Waals surface area contributed by atoms with Gasteiger partial charge in [-0.05, 0) is 19.8 Å². The van der Waals surface area contributed by atoms with Gasteiger partial charge < -0.3 is 15.4 Å². The van der Waals surface area contributed by atoms with Gasteiger partial charge in [0.2, 0.25) is 0 Å². The van der Waals surface area contributed by atoms with Gasteiger partial charge in [0.25, 0.3) is 0 Å². The minimum absolute atomic E-state index is 0.0613. The highest BCUT2D eigenvalue weighted by atomic mass is 16.5. The molecule has 0 aromatic rings. The number of rotatable bonds is 2. The van der Waals surface area contributed by atoms with Crippen LogP contribution in [-0.2, 0) is 4.74 Å². The Hall–Kier alpha value is -0.770. The molecule has 1 saturated carbocycles. The molecule has 2 aliphatic rings. The molecule has 1 spiro atoms. The van der Waals surface area contributed by atoms with Crippen molar-refractivity contribution < 1.29 is 4.74 Å². The molecule has 0 aromatic carbocycles. The van der Waals surface area contributed by atoms with Crippen molar-refractivity contribution in [3.8, 4) is 0 Å². The first-order chi connectivity index (χ1) is 7.24. The zero-order valence-electron chi connectivity index (χ0n) is 9.70. The average molecular weight is 211 g/mol. The van der Waals surface area contributed by atoms with Crippen LogP contribution >= 0.6 is 0 Å². The molecule has 2 unspecified atom stereocenters. The van der Waals surface area contributed by atoms with Crippen molar-refractivity contribution in [2.75, 3.05) is 20.2 Å². The lowest BCUT2D eigenvalue weighted by Gasteiger charge is -2.46. The fraction of sp³-hybridized carbons (Fsp3) is 0.909. The summed E-state index contributed by atoms with van der Waals surface area (Å²) in [5.74, 6) is 0.696. The normalized spacial score (nSPS) is 36.0. The maximum atomic E-state index is 5.93. The first-order valence-electron chi connectivity index (χ1n) is 5.85. The van der Waals surface area contributed by atoms with E-state index in [2.05, 4.69) is 16.8 Å². The van der Waals surface area contributed by atoms with Crippen LogP contribution in [-0.4, -0.2) is 42.7 Å². The first-order valence-corrected chi connectivity index (χ1v) is 5.85. The molecular formula is C11H21N3O. The molecule has 1 aliphatic carbocycles. The number of ether oxygens (including phenoxy) is 1. The van der Waals surface area contributed by atoms with Gasteiger partial charge in [0.1, 0.15) is 0 Å². The van der Waals surface area contributed by atoms with Crippen LogP contribution in [0.25, 0.3) is 0 Å². The number of likely N-dealkylation sites (N-methyl/N-ethyl adjacent to an activating group) is 1. The molecule has 86 valence electrons. The fourth-order valence-corrected chi connectivity index (χ4v) is 3.11. The van der Waals surface area contributed by atoms with Crippen LogP contribution in [0.5, 0.6) is 0 Å². The Morgan fingerprint density at radius 1 is 1.60 bits per heavy atom. The Kier molecular flexibility index (Phi) is 2.87. The third-order valence-corrected chi connectivity index (χ3v) is 3.86. The Morgan fingerprint density at radius 3 is 3.07 bits per heavy atom. The Balaban J connectivity index is 2.23. The lowest BCUT2D eigenvalue weighted by Crippen LogP contribution is -2.60. The van der Waals surface area contributed by atoms with E-state index in [0.29, 0.717) is 5.96 Å². The van der Waals surface area contributed by atoms with E-state index >= 15 is 0 Å². The summed E-state index contributed by atoms with van der Waals surface area (Å²) in [5.41, 5.74) is 5.99. The van der Waals surface area contributed by atoms with Crippen LogP contribution in [0.2, 0.25) is 0 Å². The van der Waals surface area contributed by atoms with E-state index in [1.54, 1.807) is 7.11 Å². The van der Waals surface area contributed by atoms with Gasteiger partial charge >= 0.3 is 0 Å². The monoisotopic (exact) mass is 211 g/mol. The topological polar surface area (TPSA) is 50.8 Å². The van der Waals surface area contributed by atoms with Crippen molar-refractivity contribution in [3.63, 3.8) is 0 Å². The Bertz CT molecular complexity index is 267. The van der Waals surface area contributed by atoms with Crippen LogP contribution < -0.4 is 5.73 Å². The van der Waals surface area contributed by atoms with E-state index in [0.717, 1.165) is 25.9 Å². The van der Waals surface area contributed by atoms with Gasteiger partial charge in [0, 0.05) is 13.7 Å². The summed E-state index contributed by atoms with van der Waals surface area (Å²) in [5, 5.41) is 0. The minimum Gasteiger partial charge on any atom is -0.379 e. The lowest BCUT2D eigenvalue weighted by atomic mass is 9.78. The minimum atomic E-state index is 0.0613. The summed E-state index contributed by atoms with van der Waals surface area (Å²) in [6, 6.07) is 0. The SMILES string of the molecule is CCN1C(N)=NCC12CCCCC2OC.